The van der Waals surface area contributed by atoms with Crippen LogP contribution in [0.2, 0.25) is 0 Å². The largest absolute Gasteiger partial charge is 0.339 e. The van der Waals surface area contributed by atoms with E-state index < -0.39 is 0 Å². The van der Waals surface area contributed by atoms with Gasteiger partial charge < -0.3 is 5.32 Å². The molecule has 0 saturated heterocycles. The van der Waals surface area contributed by atoms with Crippen LogP contribution in [0.4, 0.5) is 11.5 Å². The molecule has 0 unspecified atom stereocenters. The number of benzene rings is 1. The lowest BCUT2D eigenvalue weighted by Gasteiger charge is -2.09. The second-order valence-electron chi connectivity index (χ2n) is 7.07. The molecular weight excluding hydrogens is 374 g/mol. The standard InChI is InChI=1S/C23H19N7/c1-15-13-24-11-10-18(15)19-4-3-5-23(27-19)30-14-25-20-12-17(7-8-21(20)30)26-22-9-6-16(2)28-29-22/h3-14H,1-2H3,(H,26,29). The average molecular weight is 393 g/mol. The van der Waals surface area contributed by atoms with E-state index in [0.29, 0.717) is 5.82 Å². The Morgan fingerprint density at radius 3 is 2.70 bits per heavy atom. The van der Waals surface area contributed by atoms with Crippen LogP contribution in [0.25, 0.3) is 28.1 Å². The van der Waals surface area contributed by atoms with Gasteiger partial charge in [-0.25, -0.2) is 9.97 Å². The maximum absolute atomic E-state index is 4.86. The first-order valence-corrected chi connectivity index (χ1v) is 9.60. The average Bonchev–Trinajstić information content (AvgIpc) is 3.19. The van der Waals surface area contributed by atoms with Crippen LogP contribution in [0, 0.1) is 13.8 Å². The van der Waals surface area contributed by atoms with E-state index in [4.69, 9.17) is 4.98 Å². The molecule has 7 nitrogen and oxygen atoms in total. The van der Waals surface area contributed by atoms with E-state index in [1.807, 2.05) is 79.2 Å². The molecule has 7 heteroatoms. The summed E-state index contributed by atoms with van der Waals surface area (Å²) in [7, 11) is 0. The van der Waals surface area contributed by atoms with Gasteiger partial charge in [-0.05, 0) is 67.9 Å². The highest BCUT2D eigenvalue weighted by Gasteiger charge is 2.10. The molecule has 0 saturated carbocycles. The van der Waals surface area contributed by atoms with Crippen molar-refractivity contribution in [3.8, 4) is 17.1 Å². The van der Waals surface area contributed by atoms with Crippen molar-refractivity contribution in [3.63, 3.8) is 0 Å². The van der Waals surface area contributed by atoms with Gasteiger partial charge in [0, 0.05) is 23.6 Å². The van der Waals surface area contributed by atoms with E-state index in [9.17, 15) is 0 Å². The van der Waals surface area contributed by atoms with Crippen LogP contribution in [0.1, 0.15) is 11.3 Å². The summed E-state index contributed by atoms with van der Waals surface area (Å²) in [6.45, 7) is 3.95. The molecule has 30 heavy (non-hydrogen) atoms. The fourth-order valence-corrected chi connectivity index (χ4v) is 3.35. The number of pyridine rings is 2. The lowest BCUT2D eigenvalue weighted by Crippen LogP contribution is -1.98. The second-order valence-corrected chi connectivity index (χ2v) is 7.07. The van der Waals surface area contributed by atoms with Crippen molar-refractivity contribution in [2.75, 3.05) is 5.32 Å². The summed E-state index contributed by atoms with van der Waals surface area (Å²) in [4.78, 5) is 13.6. The van der Waals surface area contributed by atoms with Crippen molar-refractivity contribution in [1.82, 2.24) is 29.7 Å². The molecule has 0 radical (unpaired) electrons. The SMILES string of the molecule is Cc1ccc(Nc2ccc3c(c2)ncn3-c2cccc(-c3ccncc3C)n2)nn1. The molecule has 0 aliphatic heterocycles. The van der Waals surface area contributed by atoms with Crippen molar-refractivity contribution in [1.29, 1.82) is 0 Å². The Morgan fingerprint density at radius 1 is 0.933 bits per heavy atom. The van der Waals surface area contributed by atoms with Crippen molar-refractivity contribution in [2.45, 2.75) is 13.8 Å². The van der Waals surface area contributed by atoms with Gasteiger partial charge in [0.25, 0.3) is 0 Å². The number of nitrogens with zero attached hydrogens (tertiary/aromatic N) is 6. The van der Waals surface area contributed by atoms with Crippen molar-refractivity contribution in [2.24, 2.45) is 0 Å². The molecule has 0 bridgehead atoms. The van der Waals surface area contributed by atoms with E-state index in [1.165, 1.54) is 0 Å². The third kappa shape index (κ3) is 3.37. The molecule has 1 aromatic carbocycles. The number of nitrogens with one attached hydrogen (secondary N) is 1. The topological polar surface area (TPSA) is 81.4 Å². The summed E-state index contributed by atoms with van der Waals surface area (Å²) in [5, 5.41) is 11.5. The van der Waals surface area contributed by atoms with Crippen molar-refractivity contribution < 1.29 is 0 Å². The van der Waals surface area contributed by atoms with Crippen LogP contribution in [0.5, 0.6) is 0 Å². The number of hydrogen-bond acceptors (Lipinski definition) is 6. The summed E-state index contributed by atoms with van der Waals surface area (Å²) in [5.74, 6) is 1.51. The smallest absolute Gasteiger partial charge is 0.153 e. The summed E-state index contributed by atoms with van der Waals surface area (Å²) in [6.07, 6.45) is 5.44. The van der Waals surface area contributed by atoms with E-state index in [0.717, 1.165) is 45.1 Å². The predicted molar refractivity (Wildman–Crippen MR) is 117 cm³/mol. The van der Waals surface area contributed by atoms with Gasteiger partial charge in [-0.2, -0.15) is 5.10 Å². The van der Waals surface area contributed by atoms with E-state index >= 15 is 0 Å². The Bertz CT molecular complexity index is 1340. The molecule has 0 aliphatic carbocycles. The molecule has 5 aromatic rings. The van der Waals surface area contributed by atoms with E-state index in [2.05, 4.69) is 25.5 Å². The van der Waals surface area contributed by atoms with Crippen LogP contribution >= 0.6 is 0 Å². The summed E-state index contributed by atoms with van der Waals surface area (Å²) < 4.78 is 1.99. The predicted octanol–water partition coefficient (Wildman–Crippen LogP) is 4.63. The van der Waals surface area contributed by atoms with Gasteiger partial charge in [0.15, 0.2) is 5.82 Å². The van der Waals surface area contributed by atoms with Gasteiger partial charge in [0.2, 0.25) is 0 Å². The van der Waals surface area contributed by atoms with Gasteiger partial charge >= 0.3 is 0 Å². The Hall–Kier alpha value is -4.13. The molecule has 0 aliphatic rings. The number of aryl methyl sites for hydroxylation is 2. The van der Waals surface area contributed by atoms with E-state index in [1.54, 1.807) is 12.5 Å². The molecule has 0 fully saturated rings. The number of rotatable bonds is 4. The number of hydrogen-bond donors (Lipinski definition) is 1. The van der Waals surface area contributed by atoms with Crippen molar-refractivity contribution >= 4 is 22.5 Å². The maximum atomic E-state index is 4.86. The Balaban J connectivity index is 1.49. The molecule has 4 aromatic heterocycles. The summed E-state index contributed by atoms with van der Waals surface area (Å²) in [6, 6.07) is 17.8. The fraction of sp³-hybridized carbons (Fsp3) is 0.0870. The zero-order valence-corrected chi connectivity index (χ0v) is 16.6. The summed E-state index contributed by atoms with van der Waals surface area (Å²) in [5.41, 5.74) is 6.70. The maximum Gasteiger partial charge on any atom is 0.153 e. The fourth-order valence-electron chi connectivity index (χ4n) is 3.35. The van der Waals surface area contributed by atoms with Gasteiger partial charge in [-0.15, -0.1) is 5.10 Å². The number of fused-ring (bicyclic) bond motifs is 1. The molecule has 1 N–H and O–H groups in total. The number of imidazole rings is 1. The minimum Gasteiger partial charge on any atom is -0.339 e. The molecule has 0 spiro atoms. The molecule has 0 atom stereocenters. The lowest BCUT2D eigenvalue weighted by atomic mass is 10.1. The Labute approximate surface area is 173 Å². The number of anilines is 2. The highest BCUT2D eigenvalue weighted by Crippen LogP contribution is 2.25. The quantitative estimate of drug-likeness (QED) is 0.479. The highest BCUT2D eigenvalue weighted by atomic mass is 15.2. The first-order valence-electron chi connectivity index (χ1n) is 9.60. The first-order chi connectivity index (χ1) is 14.7. The van der Waals surface area contributed by atoms with Gasteiger partial charge in [-0.3, -0.25) is 9.55 Å². The minimum absolute atomic E-state index is 0.696. The van der Waals surface area contributed by atoms with Crippen LogP contribution in [-0.2, 0) is 0 Å². The zero-order chi connectivity index (χ0) is 20.5. The second kappa shape index (κ2) is 7.36. The molecule has 0 amide bonds. The van der Waals surface area contributed by atoms with E-state index in [-0.39, 0.29) is 0 Å². The van der Waals surface area contributed by atoms with Gasteiger partial charge in [0.1, 0.15) is 12.1 Å². The third-order valence-electron chi connectivity index (χ3n) is 4.89. The number of aromatic nitrogens is 6. The molecular formula is C23H19N7. The molecule has 146 valence electrons. The van der Waals surface area contributed by atoms with Crippen LogP contribution < -0.4 is 5.32 Å². The summed E-state index contributed by atoms with van der Waals surface area (Å²) >= 11 is 0. The third-order valence-corrected chi connectivity index (χ3v) is 4.89. The van der Waals surface area contributed by atoms with Gasteiger partial charge in [-0.1, -0.05) is 6.07 Å². The molecule has 4 heterocycles. The normalized spacial score (nSPS) is 11.0. The van der Waals surface area contributed by atoms with Gasteiger partial charge in [0.05, 0.1) is 22.4 Å². The Morgan fingerprint density at radius 2 is 1.87 bits per heavy atom. The molecule has 5 rings (SSSR count). The zero-order valence-electron chi connectivity index (χ0n) is 16.6. The van der Waals surface area contributed by atoms with Crippen LogP contribution in [0.3, 0.4) is 0 Å². The van der Waals surface area contributed by atoms with Crippen molar-refractivity contribution in [3.05, 3.63) is 84.6 Å². The first kappa shape index (κ1) is 17.9. The monoisotopic (exact) mass is 393 g/mol. The Kier molecular flexibility index (Phi) is 4.40. The van der Waals surface area contributed by atoms with Crippen LogP contribution in [0.15, 0.2) is 73.3 Å². The highest BCUT2D eigenvalue weighted by molar-refractivity contribution is 5.82. The lowest BCUT2D eigenvalue weighted by molar-refractivity contribution is 0.986. The minimum atomic E-state index is 0.696. The van der Waals surface area contributed by atoms with Crippen LogP contribution in [-0.4, -0.2) is 29.7 Å².